The third-order valence-corrected chi connectivity index (χ3v) is 4.21. The van der Waals surface area contributed by atoms with Gasteiger partial charge < -0.3 is 24.7 Å². The normalized spacial score (nSPS) is 16.1. The molecule has 10 heteroatoms. The van der Waals surface area contributed by atoms with Gasteiger partial charge in [-0.1, -0.05) is 6.92 Å². The fourth-order valence-electron chi connectivity index (χ4n) is 1.91. The molecule has 1 aliphatic heterocycles. The average molecular weight is 378 g/mol. The first-order chi connectivity index (χ1) is 12.0. The molecule has 1 heterocycles. The molecule has 144 valence electrons. The summed E-state index contributed by atoms with van der Waals surface area (Å²) in [6.45, 7) is 5.55. The van der Waals surface area contributed by atoms with Gasteiger partial charge in [-0.2, -0.15) is 0 Å². The van der Waals surface area contributed by atoms with Crippen molar-refractivity contribution in [1.82, 2.24) is 4.90 Å². The summed E-state index contributed by atoms with van der Waals surface area (Å²) in [7, 11) is 0. The van der Waals surface area contributed by atoms with Crippen LogP contribution in [0.2, 0.25) is 0 Å². The van der Waals surface area contributed by atoms with Gasteiger partial charge in [0.25, 0.3) is 0 Å². The SMILES string of the molecule is CCC(=O)OCOC(=O)SC[C@H](N)C(=O)OCCCN1CCOCC1. The van der Waals surface area contributed by atoms with Crippen molar-refractivity contribution in [2.75, 3.05) is 52.0 Å². The highest BCUT2D eigenvalue weighted by molar-refractivity contribution is 8.13. The minimum Gasteiger partial charge on any atom is -0.464 e. The number of ether oxygens (including phenoxy) is 4. The van der Waals surface area contributed by atoms with Crippen LogP contribution in [0.4, 0.5) is 4.79 Å². The zero-order chi connectivity index (χ0) is 18.5. The van der Waals surface area contributed by atoms with E-state index in [1.54, 1.807) is 6.92 Å². The van der Waals surface area contributed by atoms with Crippen molar-refractivity contribution in [3.8, 4) is 0 Å². The lowest BCUT2D eigenvalue weighted by Gasteiger charge is -2.26. The average Bonchev–Trinajstić information content (AvgIpc) is 2.63. The zero-order valence-electron chi connectivity index (χ0n) is 14.4. The fraction of sp³-hybridized carbons (Fsp3) is 0.800. The molecule has 1 atom stereocenters. The van der Waals surface area contributed by atoms with E-state index in [-0.39, 0.29) is 18.8 Å². The summed E-state index contributed by atoms with van der Waals surface area (Å²) in [5, 5.41) is -0.667. The Balaban J connectivity index is 2.04. The molecular weight excluding hydrogens is 352 g/mol. The summed E-state index contributed by atoms with van der Waals surface area (Å²) < 4.78 is 19.6. The van der Waals surface area contributed by atoms with Gasteiger partial charge in [-0.25, -0.2) is 4.79 Å². The lowest BCUT2D eigenvalue weighted by Crippen LogP contribution is -2.38. The number of nitrogens with two attached hydrogens (primary N) is 1. The lowest BCUT2D eigenvalue weighted by molar-refractivity contribution is -0.151. The Hall–Kier alpha value is -1.36. The molecular formula is C15H26N2O7S. The third kappa shape index (κ3) is 10.3. The Morgan fingerprint density at radius 3 is 2.60 bits per heavy atom. The number of rotatable bonds is 10. The van der Waals surface area contributed by atoms with Crippen LogP contribution in [0.25, 0.3) is 0 Å². The Labute approximate surface area is 151 Å². The van der Waals surface area contributed by atoms with Crippen molar-refractivity contribution >= 4 is 29.0 Å². The number of hydrogen-bond acceptors (Lipinski definition) is 10. The summed E-state index contributed by atoms with van der Waals surface area (Å²) in [6, 6.07) is -0.917. The van der Waals surface area contributed by atoms with E-state index in [4.69, 9.17) is 15.2 Å². The summed E-state index contributed by atoms with van der Waals surface area (Å²) in [6.07, 6.45) is 0.920. The van der Waals surface area contributed by atoms with Gasteiger partial charge in [-0.15, -0.1) is 0 Å². The predicted octanol–water partition coefficient (Wildman–Crippen LogP) is 0.360. The molecule has 1 saturated heterocycles. The smallest absolute Gasteiger partial charge is 0.370 e. The molecule has 0 spiro atoms. The van der Waals surface area contributed by atoms with Crippen molar-refractivity contribution in [2.45, 2.75) is 25.8 Å². The van der Waals surface area contributed by atoms with Crippen LogP contribution >= 0.6 is 11.8 Å². The first-order valence-electron chi connectivity index (χ1n) is 8.20. The van der Waals surface area contributed by atoms with Gasteiger partial charge in [0.2, 0.25) is 6.79 Å². The van der Waals surface area contributed by atoms with Gasteiger partial charge in [0.05, 0.1) is 19.8 Å². The van der Waals surface area contributed by atoms with Gasteiger partial charge in [0, 0.05) is 31.8 Å². The van der Waals surface area contributed by atoms with Crippen molar-refractivity contribution < 1.29 is 33.3 Å². The van der Waals surface area contributed by atoms with Gasteiger partial charge in [0.1, 0.15) is 6.04 Å². The summed E-state index contributed by atoms with van der Waals surface area (Å²) in [5.41, 5.74) is 5.67. The van der Waals surface area contributed by atoms with E-state index in [1.807, 2.05) is 0 Å². The lowest BCUT2D eigenvalue weighted by atomic mass is 10.3. The minimum atomic E-state index is -0.917. The summed E-state index contributed by atoms with van der Waals surface area (Å²) in [4.78, 5) is 36.2. The van der Waals surface area contributed by atoms with Crippen molar-refractivity contribution in [3.05, 3.63) is 0 Å². The first-order valence-corrected chi connectivity index (χ1v) is 9.19. The summed E-state index contributed by atoms with van der Waals surface area (Å²) >= 11 is 0.734. The van der Waals surface area contributed by atoms with E-state index in [2.05, 4.69) is 14.4 Å². The molecule has 0 saturated carbocycles. The second-order valence-corrected chi connectivity index (χ2v) is 6.23. The largest absolute Gasteiger partial charge is 0.464 e. The van der Waals surface area contributed by atoms with Gasteiger partial charge in [0.15, 0.2) is 0 Å². The fourth-order valence-corrected chi connectivity index (χ4v) is 2.49. The van der Waals surface area contributed by atoms with Crippen LogP contribution in [-0.2, 0) is 28.5 Å². The van der Waals surface area contributed by atoms with Gasteiger partial charge in [-0.3, -0.25) is 14.5 Å². The molecule has 1 fully saturated rings. The molecule has 0 bridgehead atoms. The highest BCUT2D eigenvalue weighted by Gasteiger charge is 2.18. The molecule has 0 aromatic heterocycles. The highest BCUT2D eigenvalue weighted by atomic mass is 32.2. The van der Waals surface area contributed by atoms with E-state index in [0.29, 0.717) is 0 Å². The third-order valence-electron chi connectivity index (χ3n) is 3.34. The quantitative estimate of drug-likeness (QED) is 0.324. The summed E-state index contributed by atoms with van der Waals surface area (Å²) in [5.74, 6) is -0.988. The number of carbonyl (C=O) groups excluding carboxylic acids is 3. The Bertz CT molecular complexity index is 430. The molecule has 9 nitrogen and oxygen atoms in total. The molecule has 2 N–H and O–H groups in total. The second-order valence-electron chi connectivity index (χ2n) is 5.27. The van der Waals surface area contributed by atoms with Crippen LogP contribution in [0.1, 0.15) is 19.8 Å². The number of thioether (sulfide) groups is 1. The Morgan fingerprint density at radius 1 is 1.20 bits per heavy atom. The number of carbonyl (C=O) groups is 3. The Kier molecular flexibility index (Phi) is 11.2. The molecule has 1 rings (SSSR count). The molecule has 0 amide bonds. The first kappa shape index (κ1) is 21.7. The number of nitrogens with zero attached hydrogens (tertiary/aromatic N) is 1. The zero-order valence-corrected chi connectivity index (χ0v) is 15.3. The van der Waals surface area contributed by atoms with Crippen LogP contribution in [-0.4, -0.2) is 80.2 Å². The molecule has 0 unspecified atom stereocenters. The standard InChI is InChI=1S/C15H26N2O7S/c1-2-13(18)23-11-24-15(20)25-10-12(16)14(19)22-7-3-4-17-5-8-21-9-6-17/h12H,2-11,16H2,1H3/t12-/m0/s1. The molecule has 0 aromatic rings. The molecule has 0 radical (unpaired) electrons. The number of esters is 2. The second kappa shape index (κ2) is 12.9. The molecule has 1 aliphatic rings. The van der Waals surface area contributed by atoms with Crippen LogP contribution < -0.4 is 5.73 Å². The number of morpholine rings is 1. The molecule has 0 aromatic carbocycles. The number of hydrogen-bond donors (Lipinski definition) is 1. The van der Waals surface area contributed by atoms with Crippen LogP contribution in [0.3, 0.4) is 0 Å². The van der Waals surface area contributed by atoms with Crippen LogP contribution in [0.15, 0.2) is 0 Å². The maximum atomic E-state index is 11.7. The van der Waals surface area contributed by atoms with E-state index >= 15 is 0 Å². The molecule has 0 aliphatic carbocycles. The van der Waals surface area contributed by atoms with E-state index in [1.165, 1.54) is 0 Å². The highest BCUT2D eigenvalue weighted by Crippen LogP contribution is 2.08. The monoisotopic (exact) mass is 378 g/mol. The van der Waals surface area contributed by atoms with Gasteiger partial charge in [-0.05, 0) is 18.2 Å². The van der Waals surface area contributed by atoms with Crippen molar-refractivity contribution in [2.24, 2.45) is 5.73 Å². The van der Waals surface area contributed by atoms with Crippen molar-refractivity contribution in [1.29, 1.82) is 0 Å². The maximum Gasteiger partial charge on any atom is 0.370 e. The van der Waals surface area contributed by atoms with E-state index < -0.39 is 30.1 Å². The van der Waals surface area contributed by atoms with E-state index in [0.717, 1.165) is 51.0 Å². The van der Waals surface area contributed by atoms with Crippen LogP contribution in [0, 0.1) is 0 Å². The maximum absolute atomic E-state index is 11.7. The Morgan fingerprint density at radius 2 is 1.92 bits per heavy atom. The molecule has 25 heavy (non-hydrogen) atoms. The van der Waals surface area contributed by atoms with Crippen molar-refractivity contribution in [3.63, 3.8) is 0 Å². The van der Waals surface area contributed by atoms with E-state index in [9.17, 15) is 14.4 Å². The minimum absolute atomic E-state index is 0.0306. The predicted molar refractivity (Wildman–Crippen MR) is 91.0 cm³/mol. The van der Waals surface area contributed by atoms with Crippen LogP contribution in [0.5, 0.6) is 0 Å². The topological polar surface area (TPSA) is 117 Å². The van der Waals surface area contributed by atoms with Gasteiger partial charge >= 0.3 is 17.2 Å².